The van der Waals surface area contributed by atoms with Gasteiger partial charge in [0.05, 0.1) is 29.4 Å². The number of amidine groups is 1. The maximum Gasteiger partial charge on any atom is 0.326 e. The van der Waals surface area contributed by atoms with Crippen molar-refractivity contribution in [2.75, 3.05) is 64.4 Å². The van der Waals surface area contributed by atoms with Crippen LogP contribution in [0.25, 0.3) is 0 Å². The van der Waals surface area contributed by atoms with Gasteiger partial charge in [-0.3, -0.25) is 19.6 Å². The summed E-state index contributed by atoms with van der Waals surface area (Å²) in [4.78, 5) is 41.4. The molecular weight excluding hydrogens is 721 g/mol. The predicted octanol–water partition coefficient (Wildman–Crippen LogP) is 6.87. The molecule has 10 nitrogen and oxygen atoms in total. The molecular formula is C39H49Cl2N5O5S. The summed E-state index contributed by atoms with van der Waals surface area (Å²) in [7, 11) is -3.11. The Hall–Kier alpha value is -3.64. The number of carbonyl (C=O) groups is 2. The number of hydrogen-bond donors (Lipinski definition) is 0. The van der Waals surface area contributed by atoms with Crippen molar-refractivity contribution in [1.82, 2.24) is 19.6 Å². The fraction of sp³-hybridized carbons (Fsp3) is 0.462. The van der Waals surface area contributed by atoms with Crippen LogP contribution in [0.2, 0.25) is 10.0 Å². The SMILES string of the molecule is CCOc1cc(C(C)(C)C(=O)N(CC)CC)ccc1C1=N[C@H](c2ccc(Cl)cc2)[C@H](c2ccc(Cl)cc2)N1C(=O)N1CCN(CCS(C)(=O)=O)CC1. The van der Waals surface area contributed by atoms with Crippen molar-refractivity contribution in [3.05, 3.63) is 99.0 Å². The number of sulfone groups is 1. The third-order valence-electron chi connectivity index (χ3n) is 9.95. The molecule has 3 aromatic rings. The maximum absolute atomic E-state index is 14.9. The predicted molar refractivity (Wildman–Crippen MR) is 208 cm³/mol. The van der Waals surface area contributed by atoms with Gasteiger partial charge in [0.25, 0.3) is 0 Å². The molecule has 3 amide bonds. The summed E-state index contributed by atoms with van der Waals surface area (Å²) < 4.78 is 30.0. The highest BCUT2D eigenvalue weighted by atomic mass is 35.5. The van der Waals surface area contributed by atoms with Crippen molar-refractivity contribution in [3.8, 4) is 5.75 Å². The molecule has 0 bridgehead atoms. The Morgan fingerprint density at radius 2 is 1.46 bits per heavy atom. The van der Waals surface area contributed by atoms with Gasteiger partial charge in [-0.15, -0.1) is 0 Å². The summed E-state index contributed by atoms with van der Waals surface area (Å²) in [5.41, 5.74) is 2.32. The molecule has 13 heteroatoms. The molecule has 0 spiro atoms. The first-order valence-electron chi connectivity index (χ1n) is 17.8. The molecule has 2 atom stereocenters. The molecule has 0 aliphatic carbocycles. The Morgan fingerprint density at radius 1 is 0.885 bits per heavy atom. The number of likely N-dealkylation sites (N-methyl/N-ethyl adjacent to an activating group) is 1. The van der Waals surface area contributed by atoms with Crippen molar-refractivity contribution in [3.63, 3.8) is 0 Å². The zero-order chi connectivity index (χ0) is 37.8. The first kappa shape index (κ1) is 39.6. The first-order chi connectivity index (χ1) is 24.7. The molecule has 2 aliphatic heterocycles. The Bertz CT molecular complexity index is 1870. The van der Waals surface area contributed by atoms with Crippen LogP contribution >= 0.6 is 23.2 Å². The van der Waals surface area contributed by atoms with Gasteiger partial charge >= 0.3 is 6.03 Å². The molecule has 5 rings (SSSR count). The molecule has 0 aromatic heterocycles. The van der Waals surface area contributed by atoms with Crippen LogP contribution in [0.15, 0.2) is 71.7 Å². The number of nitrogens with zero attached hydrogens (tertiary/aromatic N) is 5. The number of urea groups is 1. The van der Waals surface area contributed by atoms with Gasteiger partial charge in [0.2, 0.25) is 5.91 Å². The van der Waals surface area contributed by atoms with E-state index in [9.17, 15) is 18.0 Å². The topological polar surface area (TPSA) is 103 Å². The lowest BCUT2D eigenvalue weighted by Crippen LogP contribution is -2.54. The number of rotatable bonds is 12. The van der Waals surface area contributed by atoms with Crippen LogP contribution in [-0.2, 0) is 20.0 Å². The Kier molecular flexibility index (Phi) is 12.6. The molecule has 1 fully saturated rings. The lowest BCUT2D eigenvalue weighted by atomic mass is 9.82. The summed E-state index contributed by atoms with van der Waals surface area (Å²) in [6, 6.07) is 19.4. The number of amides is 3. The number of halogens is 2. The van der Waals surface area contributed by atoms with Gasteiger partial charge in [0.1, 0.15) is 27.5 Å². The van der Waals surface area contributed by atoms with Crippen molar-refractivity contribution < 1.29 is 22.7 Å². The third kappa shape index (κ3) is 8.76. The van der Waals surface area contributed by atoms with Crippen molar-refractivity contribution in [1.29, 1.82) is 0 Å². The minimum atomic E-state index is -3.11. The largest absolute Gasteiger partial charge is 0.493 e. The van der Waals surface area contributed by atoms with Gasteiger partial charge in [0.15, 0.2) is 0 Å². The van der Waals surface area contributed by atoms with Crippen LogP contribution in [0.3, 0.4) is 0 Å². The average Bonchev–Trinajstić information content (AvgIpc) is 3.52. The maximum atomic E-state index is 14.9. The number of carbonyl (C=O) groups excluding carboxylic acids is 2. The minimum absolute atomic E-state index is 0.0176. The average molecular weight is 771 g/mol. The van der Waals surface area contributed by atoms with Crippen LogP contribution < -0.4 is 4.74 Å². The zero-order valence-corrected chi connectivity index (χ0v) is 33.1. The standard InChI is InChI=1S/C39H49Cl2N5O5S/c1-7-44(8-2)37(47)39(4,5)29-14-19-32(33(26-29)51-9-3)36-42-34(27-10-15-30(40)16-11-27)35(28-12-17-31(41)18-13-28)46(36)38(48)45-22-20-43(21-23-45)24-25-52(6,49)50/h10-19,26,34-35H,7-9,20-25H2,1-6H3/t34-,35+/m1/s1. The van der Waals surface area contributed by atoms with Crippen LogP contribution in [0.5, 0.6) is 5.75 Å². The van der Waals surface area contributed by atoms with Crippen molar-refractivity contribution in [2.45, 2.75) is 52.1 Å². The lowest BCUT2D eigenvalue weighted by molar-refractivity contribution is -0.135. The molecule has 0 unspecified atom stereocenters. The normalized spacial score (nSPS) is 18.3. The van der Waals surface area contributed by atoms with E-state index in [1.54, 1.807) is 9.80 Å². The Labute approximate surface area is 318 Å². The summed E-state index contributed by atoms with van der Waals surface area (Å²) in [5.74, 6) is 1.06. The van der Waals surface area contributed by atoms with Crippen LogP contribution in [0.4, 0.5) is 4.79 Å². The number of piperazine rings is 1. The van der Waals surface area contributed by atoms with E-state index in [2.05, 4.69) is 4.90 Å². The molecule has 52 heavy (non-hydrogen) atoms. The van der Waals surface area contributed by atoms with E-state index >= 15 is 0 Å². The number of hydrogen-bond acceptors (Lipinski definition) is 7. The fourth-order valence-corrected chi connectivity index (χ4v) is 7.71. The van der Waals surface area contributed by atoms with E-state index in [-0.39, 0.29) is 17.7 Å². The monoisotopic (exact) mass is 769 g/mol. The number of benzene rings is 3. The molecule has 0 saturated carbocycles. The smallest absolute Gasteiger partial charge is 0.326 e. The van der Waals surface area contributed by atoms with Gasteiger partial charge in [-0.05, 0) is 87.7 Å². The van der Waals surface area contributed by atoms with E-state index in [0.29, 0.717) is 79.6 Å². The van der Waals surface area contributed by atoms with E-state index < -0.39 is 27.3 Å². The summed E-state index contributed by atoms with van der Waals surface area (Å²) in [6.07, 6.45) is 1.24. The third-order valence-corrected chi connectivity index (χ3v) is 11.4. The quantitative estimate of drug-likeness (QED) is 0.200. The second-order valence-electron chi connectivity index (χ2n) is 13.8. The second kappa shape index (κ2) is 16.6. The number of ether oxygens (including phenoxy) is 1. The Morgan fingerprint density at radius 3 is 2.00 bits per heavy atom. The van der Waals surface area contributed by atoms with Gasteiger partial charge in [-0.1, -0.05) is 53.5 Å². The second-order valence-corrected chi connectivity index (χ2v) is 16.9. The molecule has 2 aliphatic rings. The summed E-state index contributed by atoms with van der Waals surface area (Å²) >= 11 is 12.7. The Balaban J connectivity index is 1.62. The molecule has 1 saturated heterocycles. The van der Waals surface area contributed by atoms with Crippen LogP contribution in [0.1, 0.15) is 69.0 Å². The molecule has 0 radical (unpaired) electrons. The van der Waals surface area contributed by atoms with Gasteiger partial charge in [0, 0.05) is 62.1 Å². The molecule has 2 heterocycles. The highest BCUT2D eigenvalue weighted by molar-refractivity contribution is 7.90. The highest BCUT2D eigenvalue weighted by Crippen LogP contribution is 2.46. The minimum Gasteiger partial charge on any atom is -0.493 e. The van der Waals surface area contributed by atoms with Gasteiger partial charge in [-0.2, -0.15) is 0 Å². The molecule has 3 aromatic carbocycles. The van der Waals surface area contributed by atoms with Crippen LogP contribution in [0, 0.1) is 0 Å². The lowest BCUT2D eigenvalue weighted by Gasteiger charge is -2.39. The van der Waals surface area contributed by atoms with Crippen molar-refractivity contribution in [2.24, 2.45) is 4.99 Å². The van der Waals surface area contributed by atoms with Crippen molar-refractivity contribution >= 4 is 50.8 Å². The van der Waals surface area contributed by atoms with Gasteiger partial charge < -0.3 is 14.5 Å². The van der Waals surface area contributed by atoms with Gasteiger partial charge in [-0.25, -0.2) is 13.2 Å². The number of aliphatic imine (C=N–C) groups is 1. The summed E-state index contributed by atoms with van der Waals surface area (Å²) in [5, 5.41) is 1.16. The summed E-state index contributed by atoms with van der Waals surface area (Å²) in [6.45, 7) is 13.6. The van der Waals surface area contributed by atoms with E-state index in [1.165, 1.54) is 6.26 Å². The first-order valence-corrected chi connectivity index (χ1v) is 20.6. The van der Waals surface area contributed by atoms with E-state index in [0.717, 1.165) is 16.7 Å². The van der Waals surface area contributed by atoms with E-state index in [1.807, 2.05) is 106 Å². The molecule has 280 valence electrons. The fourth-order valence-electron chi connectivity index (χ4n) is 6.86. The highest BCUT2D eigenvalue weighted by Gasteiger charge is 2.45. The van der Waals surface area contributed by atoms with Crippen LogP contribution in [-0.4, -0.2) is 110 Å². The molecule has 0 N–H and O–H groups in total. The zero-order valence-electron chi connectivity index (χ0n) is 30.8. The van der Waals surface area contributed by atoms with E-state index in [4.69, 9.17) is 32.9 Å².